The molecule has 3 atom stereocenters. The van der Waals surface area contributed by atoms with Crippen LogP contribution in [-0.4, -0.2) is 27.5 Å². The lowest BCUT2D eigenvalue weighted by Crippen LogP contribution is -2.78. The van der Waals surface area contributed by atoms with Crippen molar-refractivity contribution < 1.29 is 14.7 Å². The van der Waals surface area contributed by atoms with Crippen molar-refractivity contribution in [1.82, 2.24) is 10.2 Å². The van der Waals surface area contributed by atoms with E-state index < -0.39 is 16.9 Å². The van der Waals surface area contributed by atoms with Gasteiger partial charge in [-0.1, -0.05) is 58.4 Å². The Labute approximate surface area is 201 Å². The van der Waals surface area contributed by atoms with Gasteiger partial charge < -0.3 is 10.4 Å². The van der Waals surface area contributed by atoms with E-state index in [1.807, 2.05) is 12.3 Å². The van der Waals surface area contributed by atoms with Crippen molar-refractivity contribution in [1.29, 1.82) is 0 Å². The van der Waals surface area contributed by atoms with Gasteiger partial charge in [0.1, 0.15) is 0 Å². The van der Waals surface area contributed by atoms with Crippen molar-refractivity contribution in [3.8, 4) is 0 Å². The summed E-state index contributed by atoms with van der Waals surface area (Å²) in [4.78, 5) is 26.6. The van der Waals surface area contributed by atoms with Gasteiger partial charge in [0.05, 0.1) is 16.5 Å². The normalized spacial score (nSPS) is 37.2. The number of rotatable bonds is 5. The molecule has 1 aromatic carbocycles. The molecule has 1 heterocycles. The van der Waals surface area contributed by atoms with Gasteiger partial charge in [0.15, 0.2) is 0 Å². The fourth-order valence-corrected chi connectivity index (χ4v) is 7.16. The number of benzene rings is 1. The summed E-state index contributed by atoms with van der Waals surface area (Å²) in [5, 5.41) is 13.5. The number of hydrogen-bond donors (Lipinski definition) is 2. The van der Waals surface area contributed by atoms with Gasteiger partial charge in [-0.2, -0.15) is 0 Å². The smallest absolute Gasteiger partial charge is 0.322 e. The quantitative estimate of drug-likeness (QED) is 0.532. The lowest BCUT2D eigenvalue weighted by atomic mass is 9.38. The van der Waals surface area contributed by atoms with Crippen LogP contribution in [0.2, 0.25) is 5.02 Å². The van der Waals surface area contributed by atoms with E-state index in [1.54, 1.807) is 4.90 Å². The predicted octanol–water partition coefficient (Wildman–Crippen LogP) is 6.28. The Kier molecular flexibility index (Phi) is 4.67. The highest BCUT2D eigenvalue weighted by molar-refractivity contribution is 6.31. The van der Waals surface area contributed by atoms with Gasteiger partial charge in [-0.25, -0.2) is 4.79 Å². The zero-order valence-electron chi connectivity index (χ0n) is 20.5. The van der Waals surface area contributed by atoms with E-state index in [0.717, 1.165) is 16.2 Å². The van der Waals surface area contributed by atoms with Crippen molar-refractivity contribution in [2.24, 2.45) is 22.7 Å². The van der Waals surface area contributed by atoms with Gasteiger partial charge in [-0.3, -0.25) is 9.69 Å². The number of urea groups is 1. The molecule has 0 unspecified atom stereocenters. The maximum absolute atomic E-state index is 13.3. The first-order chi connectivity index (χ1) is 15.2. The van der Waals surface area contributed by atoms with E-state index in [1.165, 1.54) is 12.0 Å². The van der Waals surface area contributed by atoms with Crippen LogP contribution in [-0.2, 0) is 10.3 Å². The van der Waals surface area contributed by atoms with Crippen LogP contribution in [0.5, 0.6) is 0 Å². The first-order valence-corrected chi connectivity index (χ1v) is 12.5. The lowest BCUT2D eigenvalue weighted by Gasteiger charge is -2.71. The summed E-state index contributed by atoms with van der Waals surface area (Å²) in [6.45, 7) is 13.2. The minimum absolute atomic E-state index is 0.157. The Balaban J connectivity index is 1.44. The molecule has 2 bridgehead atoms. The molecule has 0 aromatic heterocycles. The molecule has 2 amide bonds. The van der Waals surface area contributed by atoms with Crippen LogP contribution in [0.3, 0.4) is 0 Å². The molecule has 4 fully saturated rings. The van der Waals surface area contributed by atoms with Gasteiger partial charge in [0, 0.05) is 11.2 Å². The van der Waals surface area contributed by atoms with E-state index in [9.17, 15) is 14.7 Å². The summed E-state index contributed by atoms with van der Waals surface area (Å²) in [6.07, 6.45) is 4.78. The van der Waals surface area contributed by atoms with Crippen LogP contribution in [0.1, 0.15) is 84.3 Å². The third-order valence-electron chi connectivity index (χ3n) is 8.89. The van der Waals surface area contributed by atoms with Crippen molar-refractivity contribution in [2.45, 2.75) is 84.2 Å². The molecule has 6 rings (SSSR count). The molecule has 2 N–H and O–H groups in total. The van der Waals surface area contributed by atoms with Gasteiger partial charge in [0.2, 0.25) is 0 Å². The molecule has 6 heteroatoms. The molecule has 4 aliphatic carbocycles. The van der Waals surface area contributed by atoms with E-state index >= 15 is 0 Å². The molecule has 1 aliphatic heterocycles. The summed E-state index contributed by atoms with van der Waals surface area (Å²) in [5.41, 5.74) is 1.94. The van der Waals surface area contributed by atoms with Crippen LogP contribution in [0.25, 0.3) is 0 Å². The third kappa shape index (κ3) is 3.18. The fourth-order valence-electron chi connectivity index (χ4n) is 6.84. The minimum Gasteiger partial charge on any atom is -0.481 e. The lowest BCUT2D eigenvalue weighted by molar-refractivity contribution is -0.215. The number of amides is 2. The van der Waals surface area contributed by atoms with Crippen molar-refractivity contribution in [2.75, 3.05) is 0 Å². The number of carbonyl (C=O) groups excluding carboxylic acids is 1. The molecule has 0 saturated heterocycles. The van der Waals surface area contributed by atoms with E-state index in [2.05, 4.69) is 59.0 Å². The van der Waals surface area contributed by atoms with E-state index in [0.29, 0.717) is 31.1 Å². The van der Waals surface area contributed by atoms with Crippen molar-refractivity contribution >= 4 is 23.6 Å². The molecule has 178 valence electrons. The maximum Gasteiger partial charge on any atom is 0.322 e. The number of halogens is 1. The fraction of sp³-hybridized carbons (Fsp3) is 0.630. The van der Waals surface area contributed by atoms with Gasteiger partial charge in [-0.05, 0) is 78.5 Å². The van der Waals surface area contributed by atoms with Gasteiger partial charge >= 0.3 is 12.0 Å². The molecule has 5 nitrogen and oxygen atoms in total. The highest BCUT2D eigenvalue weighted by Gasteiger charge is 2.75. The molecule has 1 aromatic rings. The summed E-state index contributed by atoms with van der Waals surface area (Å²) >= 11 is 6.81. The number of carboxylic acids is 1. The summed E-state index contributed by atoms with van der Waals surface area (Å²) < 4.78 is 0. The van der Waals surface area contributed by atoms with E-state index in [4.69, 9.17) is 11.6 Å². The molecule has 33 heavy (non-hydrogen) atoms. The van der Waals surface area contributed by atoms with Gasteiger partial charge in [-0.15, -0.1) is 0 Å². The van der Waals surface area contributed by atoms with Crippen molar-refractivity contribution in [3.63, 3.8) is 0 Å². The molecular formula is C27H35ClN2O3. The number of nitrogens with one attached hydrogen (secondary N) is 1. The molecule has 0 radical (unpaired) electrons. The maximum atomic E-state index is 13.3. The average molecular weight is 471 g/mol. The largest absolute Gasteiger partial charge is 0.481 e. The number of carboxylic acid groups (broad SMARTS) is 1. The first-order valence-electron chi connectivity index (χ1n) is 12.1. The second kappa shape index (κ2) is 6.78. The van der Waals surface area contributed by atoms with E-state index in [-0.39, 0.29) is 22.9 Å². The summed E-state index contributed by atoms with van der Waals surface area (Å²) in [5.74, 6) is 0.610. The van der Waals surface area contributed by atoms with Gasteiger partial charge in [0.25, 0.3) is 0 Å². The monoisotopic (exact) mass is 470 g/mol. The SMILES string of the molecule is CC(C)C1=CN(C23CC(C(=O)O)(C2)C3)C(=O)N[C@@]1(C)c1ccc([C@@H]2C[C@H]2C(C)(C)C)c(Cl)c1. The molecule has 4 saturated carbocycles. The second-order valence-electron chi connectivity index (χ2n) is 12.6. The Morgan fingerprint density at radius 3 is 2.36 bits per heavy atom. The number of hydrogen-bond acceptors (Lipinski definition) is 2. The second-order valence-corrected chi connectivity index (χ2v) is 13.0. The standard InChI is InChI=1S/C27H35ClN2O3/c1-15(2)20-11-30(27-12-26(13-27,14-27)22(31)32)23(33)29-25(20,6)16-7-8-17(21(28)9-16)18-10-19(18)24(3,4)5/h7-9,11,15,18-19H,10,12-14H2,1-6H3,(H,29,33)(H,31,32)/t18-,19+,25-,26?,27?/m0/s1. The van der Waals surface area contributed by atoms with Crippen LogP contribution in [0.15, 0.2) is 30.0 Å². The highest BCUT2D eigenvalue weighted by atomic mass is 35.5. The van der Waals surface area contributed by atoms with Crippen molar-refractivity contribution in [3.05, 3.63) is 46.1 Å². The Morgan fingerprint density at radius 1 is 1.24 bits per heavy atom. The Morgan fingerprint density at radius 2 is 1.88 bits per heavy atom. The number of aliphatic carboxylic acids is 1. The van der Waals surface area contributed by atoms with Crippen LogP contribution in [0, 0.1) is 22.7 Å². The molecule has 0 spiro atoms. The topological polar surface area (TPSA) is 69.6 Å². The molecular weight excluding hydrogens is 436 g/mol. The minimum atomic E-state index is -0.737. The predicted molar refractivity (Wildman–Crippen MR) is 129 cm³/mol. The Hall–Kier alpha value is -2.01. The Bertz CT molecular complexity index is 1070. The number of nitrogens with zero attached hydrogens (tertiary/aromatic N) is 1. The highest BCUT2D eigenvalue weighted by Crippen LogP contribution is 2.70. The first kappa shape index (κ1) is 22.8. The van der Waals surface area contributed by atoms with Crippen LogP contribution in [0.4, 0.5) is 4.79 Å². The summed E-state index contributed by atoms with van der Waals surface area (Å²) in [6, 6.07) is 6.14. The zero-order valence-corrected chi connectivity index (χ0v) is 21.2. The summed E-state index contributed by atoms with van der Waals surface area (Å²) in [7, 11) is 0. The van der Waals surface area contributed by atoms with Crippen LogP contribution >= 0.6 is 11.6 Å². The third-order valence-corrected chi connectivity index (χ3v) is 9.22. The zero-order chi connectivity index (χ0) is 24.1. The molecule has 5 aliphatic rings. The average Bonchev–Trinajstić information content (AvgIpc) is 3.41. The number of carbonyl (C=O) groups is 2. The van der Waals surface area contributed by atoms with Crippen LogP contribution < -0.4 is 5.32 Å².